The predicted molar refractivity (Wildman–Crippen MR) is 112 cm³/mol. The summed E-state index contributed by atoms with van der Waals surface area (Å²) >= 11 is 6.27. The summed E-state index contributed by atoms with van der Waals surface area (Å²) in [7, 11) is 0. The highest BCUT2D eigenvalue weighted by Crippen LogP contribution is 2.60. The molecule has 152 valence electrons. The second-order valence-corrected chi connectivity index (χ2v) is 10.3. The second-order valence-electron chi connectivity index (χ2n) is 9.87. The molecule has 2 amide bonds. The highest BCUT2D eigenvalue weighted by molar-refractivity contribution is 6.33. The molecule has 4 nitrogen and oxygen atoms in total. The third kappa shape index (κ3) is 3.68. The minimum atomic E-state index is -0.558. The molecule has 0 saturated heterocycles. The molecule has 0 unspecified atom stereocenters. The zero-order chi connectivity index (χ0) is 20.1. The molecule has 1 atom stereocenters. The maximum absolute atomic E-state index is 13.4. The molecule has 4 bridgehead atoms. The van der Waals surface area contributed by atoms with Crippen molar-refractivity contribution < 1.29 is 9.59 Å². The number of carbonyl (C=O) groups excluding carboxylic acids is 2. The second kappa shape index (κ2) is 7.37. The molecule has 2 N–H and O–H groups in total. The molecule has 1 aromatic carbocycles. The summed E-state index contributed by atoms with van der Waals surface area (Å²) in [5.41, 5.74) is 1.38. The van der Waals surface area contributed by atoms with E-state index in [1.165, 1.54) is 19.3 Å². The Hall–Kier alpha value is -1.55. The van der Waals surface area contributed by atoms with Crippen molar-refractivity contribution in [3.05, 3.63) is 28.8 Å². The van der Waals surface area contributed by atoms with Crippen molar-refractivity contribution in [2.24, 2.45) is 29.1 Å². The molecule has 0 aromatic heterocycles. The lowest BCUT2D eigenvalue weighted by atomic mass is 9.49. The predicted octanol–water partition coefficient (Wildman–Crippen LogP) is 4.94. The fourth-order valence-corrected chi connectivity index (χ4v) is 6.43. The molecule has 4 aliphatic rings. The molecule has 0 heterocycles. The molecule has 4 fully saturated rings. The summed E-state index contributed by atoms with van der Waals surface area (Å²) in [6.45, 7) is 5.90. The number of rotatable bonds is 5. The van der Waals surface area contributed by atoms with Crippen molar-refractivity contribution in [3.63, 3.8) is 0 Å². The Morgan fingerprint density at radius 3 is 2.14 bits per heavy atom. The number of anilines is 1. The van der Waals surface area contributed by atoms with Gasteiger partial charge in [0.25, 0.3) is 0 Å². The van der Waals surface area contributed by atoms with E-state index < -0.39 is 6.04 Å². The van der Waals surface area contributed by atoms with Gasteiger partial charge in [0.05, 0.1) is 10.7 Å². The van der Waals surface area contributed by atoms with Gasteiger partial charge < -0.3 is 10.6 Å². The topological polar surface area (TPSA) is 58.2 Å². The number of halogens is 1. The Balaban J connectivity index is 1.47. The number of carbonyl (C=O) groups is 2. The molecule has 0 spiro atoms. The lowest BCUT2D eigenvalue weighted by Gasteiger charge is -2.55. The van der Waals surface area contributed by atoms with E-state index in [0.717, 1.165) is 24.8 Å². The lowest BCUT2D eigenvalue weighted by Crippen LogP contribution is -2.57. The number of hydrogen-bond donors (Lipinski definition) is 2. The zero-order valence-electron chi connectivity index (χ0n) is 17.1. The molecular weight excluding hydrogens is 372 g/mol. The van der Waals surface area contributed by atoms with Gasteiger partial charge in [0.15, 0.2) is 0 Å². The van der Waals surface area contributed by atoms with E-state index in [0.29, 0.717) is 28.5 Å². The fraction of sp³-hybridized carbons (Fsp3) is 0.652. The third-order valence-corrected chi connectivity index (χ3v) is 7.45. The van der Waals surface area contributed by atoms with Gasteiger partial charge in [-0.1, -0.05) is 31.5 Å². The van der Waals surface area contributed by atoms with Crippen molar-refractivity contribution >= 4 is 29.1 Å². The van der Waals surface area contributed by atoms with Gasteiger partial charge in [-0.3, -0.25) is 9.59 Å². The lowest BCUT2D eigenvalue weighted by molar-refractivity contribution is -0.148. The van der Waals surface area contributed by atoms with Crippen molar-refractivity contribution in [2.45, 2.75) is 65.3 Å². The molecule has 5 rings (SSSR count). The number of amides is 2. The summed E-state index contributed by atoms with van der Waals surface area (Å²) in [5.74, 6) is 2.01. The SMILES string of the molecule is Cc1ccc(NC(=O)[C@@H](NC(=O)C23CC4CC(CC(C4)C2)C3)C(C)C)c(Cl)c1. The molecule has 1 aromatic rings. The number of hydrogen-bond acceptors (Lipinski definition) is 2. The van der Waals surface area contributed by atoms with Crippen LogP contribution in [0.5, 0.6) is 0 Å². The molecule has 0 radical (unpaired) electrons. The summed E-state index contributed by atoms with van der Waals surface area (Å²) < 4.78 is 0. The van der Waals surface area contributed by atoms with Crippen molar-refractivity contribution in [3.8, 4) is 0 Å². The first-order valence-electron chi connectivity index (χ1n) is 10.6. The monoisotopic (exact) mass is 402 g/mol. The number of nitrogens with one attached hydrogen (secondary N) is 2. The Morgan fingerprint density at radius 1 is 1.07 bits per heavy atom. The van der Waals surface area contributed by atoms with Gasteiger partial charge in [0.1, 0.15) is 6.04 Å². The van der Waals surface area contributed by atoms with Crippen LogP contribution in [-0.2, 0) is 9.59 Å². The van der Waals surface area contributed by atoms with E-state index in [9.17, 15) is 9.59 Å². The van der Waals surface area contributed by atoms with E-state index in [2.05, 4.69) is 10.6 Å². The standard InChI is InChI=1S/C23H31ClN2O2/c1-13(2)20(21(27)25-19-5-4-14(3)6-18(19)24)26-22(28)23-10-15-7-16(11-23)9-17(8-15)12-23/h4-6,13,15-17,20H,7-12H2,1-3H3,(H,25,27)(H,26,28)/t15?,16?,17?,20-,23?/m0/s1. The molecule has 4 saturated carbocycles. The highest BCUT2D eigenvalue weighted by Gasteiger charge is 2.55. The van der Waals surface area contributed by atoms with Crippen LogP contribution in [0.2, 0.25) is 5.02 Å². The maximum Gasteiger partial charge on any atom is 0.247 e. The summed E-state index contributed by atoms with van der Waals surface area (Å²) in [6.07, 6.45) is 6.90. The first-order chi connectivity index (χ1) is 13.3. The van der Waals surface area contributed by atoms with Crippen LogP contribution >= 0.6 is 11.6 Å². The largest absolute Gasteiger partial charge is 0.344 e. The maximum atomic E-state index is 13.4. The number of benzene rings is 1. The first-order valence-corrected chi connectivity index (χ1v) is 11.0. The smallest absolute Gasteiger partial charge is 0.247 e. The molecule has 0 aliphatic heterocycles. The quantitative estimate of drug-likeness (QED) is 0.732. The van der Waals surface area contributed by atoms with Gasteiger partial charge in [0, 0.05) is 5.41 Å². The van der Waals surface area contributed by atoms with Gasteiger partial charge in [0.2, 0.25) is 11.8 Å². The Kier molecular flexibility index (Phi) is 5.20. The molecule has 5 heteroatoms. The van der Waals surface area contributed by atoms with Crippen LogP contribution in [0.4, 0.5) is 5.69 Å². The van der Waals surface area contributed by atoms with Gasteiger partial charge in [-0.05, 0) is 86.8 Å². The van der Waals surface area contributed by atoms with Crippen LogP contribution in [-0.4, -0.2) is 17.9 Å². The Bertz CT molecular complexity index is 754. The highest BCUT2D eigenvalue weighted by atomic mass is 35.5. The first kappa shape index (κ1) is 19.8. The number of aryl methyl sites for hydroxylation is 1. The van der Waals surface area contributed by atoms with Gasteiger partial charge in [-0.2, -0.15) is 0 Å². The summed E-state index contributed by atoms with van der Waals surface area (Å²) in [4.78, 5) is 26.3. The molecule has 28 heavy (non-hydrogen) atoms. The Morgan fingerprint density at radius 2 is 1.64 bits per heavy atom. The summed E-state index contributed by atoms with van der Waals surface area (Å²) in [5, 5.41) is 6.56. The molecular formula is C23H31ClN2O2. The van der Waals surface area contributed by atoms with Crippen molar-refractivity contribution in [1.82, 2.24) is 5.32 Å². The average Bonchev–Trinajstić information content (AvgIpc) is 2.60. The zero-order valence-corrected chi connectivity index (χ0v) is 17.8. The van der Waals surface area contributed by atoms with E-state index in [1.807, 2.05) is 39.0 Å². The molecule has 4 aliphatic carbocycles. The minimum absolute atomic E-state index is 0.00193. The normalized spacial score (nSPS) is 31.7. The van der Waals surface area contributed by atoms with Gasteiger partial charge in [-0.15, -0.1) is 0 Å². The third-order valence-electron chi connectivity index (χ3n) is 7.14. The van der Waals surface area contributed by atoms with Crippen LogP contribution in [0.1, 0.15) is 57.9 Å². The van der Waals surface area contributed by atoms with Crippen molar-refractivity contribution in [2.75, 3.05) is 5.32 Å². The van der Waals surface area contributed by atoms with Crippen LogP contribution in [0.15, 0.2) is 18.2 Å². The van der Waals surface area contributed by atoms with E-state index in [1.54, 1.807) is 0 Å². The van der Waals surface area contributed by atoms with Crippen LogP contribution in [0, 0.1) is 36.0 Å². The van der Waals surface area contributed by atoms with Crippen LogP contribution in [0.25, 0.3) is 0 Å². The van der Waals surface area contributed by atoms with E-state index in [4.69, 9.17) is 11.6 Å². The van der Waals surface area contributed by atoms with Gasteiger partial charge in [-0.25, -0.2) is 0 Å². The summed E-state index contributed by atoms with van der Waals surface area (Å²) in [6, 6.07) is 5.00. The van der Waals surface area contributed by atoms with Crippen molar-refractivity contribution in [1.29, 1.82) is 0 Å². The van der Waals surface area contributed by atoms with Crippen LogP contribution < -0.4 is 10.6 Å². The average molecular weight is 403 g/mol. The van der Waals surface area contributed by atoms with E-state index in [-0.39, 0.29) is 23.1 Å². The van der Waals surface area contributed by atoms with E-state index >= 15 is 0 Å². The fourth-order valence-electron chi connectivity index (χ4n) is 6.15. The van der Waals surface area contributed by atoms with Crippen LogP contribution in [0.3, 0.4) is 0 Å². The Labute approximate surface area is 172 Å². The minimum Gasteiger partial charge on any atom is -0.344 e. The van der Waals surface area contributed by atoms with Gasteiger partial charge >= 0.3 is 0 Å².